The molecule has 0 aliphatic rings. The van der Waals surface area contributed by atoms with E-state index in [9.17, 15) is 0 Å². The Morgan fingerprint density at radius 1 is 1.13 bits per heavy atom. The number of aromatic nitrogens is 4. The number of rotatable bonds is 4. The number of hydrogen-bond acceptors (Lipinski definition) is 5. The van der Waals surface area contributed by atoms with Crippen LogP contribution in [0.5, 0.6) is 0 Å². The van der Waals surface area contributed by atoms with Crippen LogP contribution in [0.25, 0.3) is 33.9 Å². The van der Waals surface area contributed by atoms with E-state index in [0.717, 1.165) is 26.7 Å². The molecule has 160 valence electrons. The van der Waals surface area contributed by atoms with Crippen LogP contribution in [0.3, 0.4) is 0 Å². The van der Waals surface area contributed by atoms with Crippen LogP contribution in [0.1, 0.15) is 44.0 Å². The maximum Gasteiger partial charge on any atom is 0.278 e. The largest absolute Gasteiger partial charge is 0.332 e. The number of hydrogen-bond donors (Lipinski definition) is 0. The molecule has 0 aliphatic heterocycles. The maximum absolute atomic E-state index is 6.55. The third kappa shape index (κ3) is 4.20. The molecule has 0 unspecified atom stereocenters. The lowest BCUT2D eigenvalue weighted by molar-refractivity contribution is 0.401. The van der Waals surface area contributed by atoms with Gasteiger partial charge in [-0.3, -0.25) is 0 Å². The summed E-state index contributed by atoms with van der Waals surface area (Å²) in [6.45, 7) is 10.1. The van der Waals surface area contributed by atoms with Crippen molar-refractivity contribution in [3.63, 3.8) is 0 Å². The van der Waals surface area contributed by atoms with Crippen molar-refractivity contribution >= 4 is 40.6 Å². The van der Waals surface area contributed by atoms with Crippen LogP contribution in [0.4, 0.5) is 0 Å². The predicted molar refractivity (Wildman–Crippen MR) is 128 cm³/mol. The standard InChI is InChI=1S/C23H22Cl2N4OS/c1-6-7-15-9-11-18(31-15)20-13(2)19(21-26-22(28-30-21)23(3,4)5)27-29(20)17-10-8-14(24)12-16(17)25/h6-12H,1-5H3/b7-6+. The van der Waals surface area contributed by atoms with Gasteiger partial charge in [-0.05, 0) is 50.3 Å². The summed E-state index contributed by atoms with van der Waals surface area (Å²) < 4.78 is 7.42. The van der Waals surface area contributed by atoms with E-state index in [-0.39, 0.29) is 5.41 Å². The van der Waals surface area contributed by atoms with Gasteiger partial charge in [0, 0.05) is 20.9 Å². The van der Waals surface area contributed by atoms with Crippen LogP contribution < -0.4 is 0 Å². The van der Waals surface area contributed by atoms with Gasteiger partial charge in [-0.25, -0.2) is 4.68 Å². The Morgan fingerprint density at radius 2 is 1.90 bits per heavy atom. The number of allylic oxidation sites excluding steroid dienone is 1. The second kappa shape index (κ2) is 8.26. The minimum atomic E-state index is -0.227. The average molecular weight is 473 g/mol. The van der Waals surface area contributed by atoms with Gasteiger partial charge in [-0.2, -0.15) is 10.1 Å². The minimum Gasteiger partial charge on any atom is -0.332 e. The Morgan fingerprint density at radius 3 is 2.55 bits per heavy atom. The van der Waals surface area contributed by atoms with Crippen molar-refractivity contribution in [1.82, 2.24) is 19.9 Å². The van der Waals surface area contributed by atoms with E-state index in [1.165, 1.54) is 0 Å². The molecule has 3 aromatic heterocycles. The Balaban J connectivity index is 1.94. The van der Waals surface area contributed by atoms with Crippen molar-refractivity contribution in [2.75, 3.05) is 0 Å². The topological polar surface area (TPSA) is 56.7 Å². The SMILES string of the molecule is C/C=C/c1ccc(-c2c(C)c(-c3nc(C(C)(C)C)no3)nn2-c2ccc(Cl)cc2Cl)s1. The summed E-state index contributed by atoms with van der Waals surface area (Å²) in [6, 6.07) is 9.54. The molecule has 0 spiro atoms. The lowest BCUT2D eigenvalue weighted by atomic mass is 9.96. The molecule has 0 amide bonds. The first-order valence-electron chi connectivity index (χ1n) is 9.81. The van der Waals surface area contributed by atoms with Gasteiger partial charge < -0.3 is 4.52 Å². The number of nitrogens with zero attached hydrogens (tertiary/aromatic N) is 4. The van der Waals surface area contributed by atoms with Crippen LogP contribution in [0, 0.1) is 6.92 Å². The zero-order chi connectivity index (χ0) is 22.3. The van der Waals surface area contributed by atoms with Crippen LogP contribution in [-0.2, 0) is 5.41 Å². The van der Waals surface area contributed by atoms with E-state index in [0.29, 0.717) is 27.5 Å². The Hall–Kier alpha value is -2.41. The molecule has 0 N–H and O–H groups in total. The summed E-state index contributed by atoms with van der Waals surface area (Å²) >= 11 is 14.3. The van der Waals surface area contributed by atoms with Crippen LogP contribution in [0.2, 0.25) is 10.0 Å². The van der Waals surface area contributed by atoms with Gasteiger partial charge in [0.05, 0.1) is 21.3 Å². The molecular formula is C23H22Cl2N4OS. The first kappa shape index (κ1) is 21.8. The smallest absolute Gasteiger partial charge is 0.278 e. The normalized spacial score (nSPS) is 12.2. The lowest BCUT2D eigenvalue weighted by Gasteiger charge is -2.10. The summed E-state index contributed by atoms with van der Waals surface area (Å²) in [5.74, 6) is 1.02. The molecule has 1 aromatic carbocycles. The highest BCUT2D eigenvalue weighted by Gasteiger charge is 2.27. The van der Waals surface area contributed by atoms with Crippen molar-refractivity contribution in [2.45, 2.75) is 40.0 Å². The second-order valence-electron chi connectivity index (χ2n) is 8.20. The fourth-order valence-corrected chi connectivity index (χ4v) is 4.73. The fraction of sp³-hybridized carbons (Fsp3) is 0.261. The van der Waals surface area contributed by atoms with E-state index in [1.807, 2.05) is 51.4 Å². The van der Waals surface area contributed by atoms with Crippen molar-refractivity contribution in [3.8, 4) is 27.8 Å². The maximum atomic E-state index is 6.55. The van der Waals surface area contributed by atoms with Gasteiger partial charge in [0.15, 0.2) is 11.5 Å². The quantitative estimate of drug-likeness (QED) is 0.306. The van der Waals surface area contributed by atoms with Gasteiger partial charge in [0.2, 0.25) is 0 Å². The molecular weight excluding hydrogens is 451 g/mol. The van der Waals surface area contributed by atoms with E-state index in [2.05, 4.69) is 28.3 Å². The first-order valence-corrected chi connectivity index (χ1v) is 11.4. The average Bonchev–Trinajstić information content (AvgIpc) is 3.40. The lowest BCUT2D eigenvalue weighted by Crippen LogP contribution is -2.13. The summed E-state index contributed by atoms with van der Waals surface area (Å²) in [4.78, 5) is 6.83. The predicted octanol–water partition coefficient (Wildman–Crippen LogP) is 7.60. The highest BCUT2D eigenvalue weighted by molar-refractivity contribution is 7.16. The van der Waals surface area contributed by atoms with Crippen molar-refractivity contribution in [2.24, 2.45) is 0 Å². The van der Waals surface area contributed by atoms with Gasteiger partial charge in [0.1, 0.15) is 0 Å². The van der Waals surface area contributed by atoms with E-state index >= 15 is 0 Å². The van der Waals surface area contributed by atoms with E-state index in [4.69, 9.17) is 32.8 Å². The molecule has 0 radical (unpaired) electrons. The van der Waals surface area contributed by atoms with Gasteiger partial charge in [-0.1, -0.05) is 55.2 Å². The zero-order valence-corrected chi connectivity index (χ0v) is 20.2. The van der Waals surface area contributed by atoms with Crippen LogP contribution in [0.15, 0.2) is 40.9 Å². The van der Waals surface area contributed by atoms with E-state index in [1.54, 1.807) is 23.5 Å². The summed E-state index contributed by atoms with van der Waals surface area (Å²) in [5.41, 5.74) is 2.99. The molecule has 0 saturated heterocycles. The highest BCUT2D eigenvalue weighted by Crippen LogP contribution is 2.39. The van der Waals surface area contributed by atoms with Crippen molar-refractivity contribution in [3.05, 3.63) is 62.7 Å². The number of halogens is 2. The Bertz CT molecular complexity index is 1280. The molecule has 31 heavy (non-hydrogen) atoms. The molecule has 4 rings (SSSR count). The Kier molecular flexibility index (Phi) is 5.81. The van der Waals surface area contributed by atoms with Gasteiger partial charge in [0.25, 0.3) is 5.89 Å². The zero-order valence-electron chi connectivity index (χ0n) is 17.9. The molecule has 8 heteroatoms. The van der Waals surface area contributed by atoms with Crippen LogP contribution >= 0.6 is 34.5 Å². The third-order valence-electron chi connectivity index (χ3n) is 4.75. The van der Waals surface area contributed by atoms with E-state index < -0.39 is 0 Å². The Labute approximate surface area is 195 Å². The summed E-state index contributed by atoms with van der Waals surface area (Å²) in [7, 11) is 0. The molecule has 3 heterocycles. The molecule has 5 nitrogen and oxygen atoms in total. The first-order chi connectivity index (χ1) is 14.7. The monoisotopic (exact) mass is 472 g/mol. The molecule has 0 saturated carbocycles. The molecule has 0 bridgehead atoms. The van der Waals surface area contributed by atoms with Crippen LogP contribution in [-0.4, -0.2) is 19.9 Å². The number of benzene rings is 1. The summed E-state index contributed by atoms with van der Waals surface area (Å²) in [6.07, 6.45) is 4.10. The molecule has 0 atom stereocenters. The molecule has 0 aliphatic carbocycles. The highest BCUT2D eigenvalue weighted by atomic mass is 35.5. The van der Waals surface area contributed by atoms with Crippen molar-refractivity contribution < 1.29 is 4.52 Å². The molecule has 4 aromatic rings. The second-order valence-corrected chi connectivity index (χ2v) is 10.2. The van der Waals surface area contributed by atoms with Gasteiger partial charge in [-0.15, -0.1) is 11.3 Å². The number of thiophene rings is 1. The summed E-state index contributed by atoms with van der Waals surface area (Å²) in [5, 5.41) is 10.1. The minimum absolute atomic E-state index is 0.227. The third-order valence-corrected chi connectivity index (χ3v) is 6.35. The fourth-order valence-electron chi connectivity index (χ4n) is 3.17. The van der Waals surface area contributed by atoms with Crippen molar-refractivity contribution in [1.29, 1.82) is 0 Å². The molecule has 0 fully saturated rings. The van der Waals surface area contributed by atoms with Gasteiger partial charge >= 0.3 is 0 Å².